The molecule has 0 atom stereocenters. The number of carbonyl (C=O) groups is 1. The van der Waals surface area contributed by atoms with Gasteiger partial charge in [0.1, 0.15) is 17.3 Å². The minimum absolute atomic E-state index is 0.144. The number of methoxy groups -OCH3 is 1. The van der Waals surface area contributed by atoms with Gasteiger partial charge in [-0.05, 0) is 42.5 Å². The number of anilines is 2. The van der Waals surface area contributed by atoms with Crippen molar-refractivity contribution in [2.45, 2.75) is 6.54 Å². The number of ether oxygens (including phenoxy) is 2. The van der Waals surface area contributed by atoms with E-state index >= 15 is 0 Å². The Labute approximate surface area is 186 Å². The Hall–Kier alpha value is -3.59. The Morgan fingerprint density at radius 2 is 1.72 bits per heavy atom. The summed E-state index contributed by atoms with van der Waals surface area (Å²) in [4.78, 5) is 12.1. The molecular weight excluding hydrogens is 435 g/mol. The third-order valence-corrected chi connectivity index (χ3v) is 5.66. The molecule has 168 valence electrons. The van der Waals surface area contributed by atoms with Crippen molar-refractivity contribution in [1.29, 1.82) is 0 Å². The Bertz CT molecular complexity index is 1180. The second-order valence-corrected chi connectivity index (χ2v) is 8.83. The average Bonchev–Trinajstić information content (AvgIpc) is 2.77. The van der Waals surface area contributed by atoms with Crippen LogP contribution in [0.25, 0.3) is 0 Å². The van der Waals surface area contributed by atoms with Gasteiger partial charge in [-0.1, -0.05) is 24.3 Å². The molecule has 1 N–H and O–H groups in total. The van der Waals surface area contributed by atoms with Gasteiger partial charge in [-0.2, -0.15) is 0 Å². The van der Waals surface area contributed by atoms with Crippen molar-refractivity contribution in [1.82, 2.24) is 0 Å². The number of amides is 1. The van der Waals surface area contributed by atoms with Crippen LogP contribution in [0.1, 0.15) is 5.56 Å². The van der Waals surface area contributed by atoms with Crippen LogP contribution in [0, 0.1) is 5.82 Å². The summed E-state index contributed by atoms with van der Waals surface area (Å²) in [5, 5.41) is 2.70. The number of nitrogens with one attached hydrogen (secondary N) is 1. The second kappa shape index (κ2) is 10.1. The molecule has 9 heteroatoms. The largest absolute Gasteiger partial charge is 0.497 e. The average molecular weight is 459 g/mol. The standard InChI is InChI=1S/C23H23FN2O5S/c1-30-21-8-5-7-18(14-21)25-23(27)16-31-20-12-10-19(11-13-20)26(32(2,28)29)15-17-6-3-4-9-22(17)24/h3-14H,15-16H2,1-2H3,(H,25,27). The van der Waals surface area contributed by atoms with Crippen LogP contribution in [0.5, 0.6) is 11.5 Å². The van der Waals surface area contributed by atoms with Crippen molar-refractivity contribution >= 4 is 27.3 Å². The highest BCUT2D eigenvalue weighted by molar-refractivity contribution is 7.92. The van der Waals surface area contributed by atoms with Gasteiger partial charge in [0.25, 0.3) is 5.91 Å². The highest BCUT2D eigenvalue weighted by Gasteiger charge is 2.19. The second-order valence-electron chi connectivity index (χ2n) is 6.92. The van der Waals surface area contributed by atoms with Crippen molar-refractivity contribution in [3.05, 3.63) is 84.2 Å². The lowest BCUT2D eigenvalue weighted by Crippen LogP contribution is -2.29. The molecule has 0 radical (unpaired) electrons. The Morgan fingerprint density at radius 3 is 2.38 bits per heavy atom. The van der Waals surface area contributed by atoms with Gasteiger partial charge in [-0.15, -0.1) is 0 Å². The summed E-state index contributed by atoms with van der Waals surface area (Å²) in [6.07, 6.45) is 1.06. The van der Waals surface area contributed by atoms with E-state index < -0.39 is 15.8 Å². The van der Waals surface area contributed by atoms with Gasteiger partial charge >= 0.3 is 0 Å². The van der Waals surface area contributed by atoms with Crippen molar-refractivity contribution in [2.24, 2.45) is 0 Å². The van der Waals surface area contributed by atoms with Crippen LogP contribution >= 0.6 is 0 Å². The number of hydrogen-bond donors (Lipinski definition) is 1. The number of nitrogens with zero attached hydrogens (tertiary/aromatic N) is 1. The molecule has 0 unspecified atom stereocenters. The van der Waals surface area contributed by atoms with Crippen LogP contribution < -0.4 is 19.1 Å². The van der Waals surface area contributed by atoms with Crippen molar-refractivity contribution in [3.8, 4) is 11.5 Å². The van der Waals surface area contributed by atoms with Crippen molar-refractivity contribution in [2.75, 3.05) is 29.6 Å². The molecule has 0 heterocycles. The van der Waals surface area contributed by atoms with Crippen LogP contribution in [0.3, 0.4) is 0 Å². The summed E-state index contributed by atoms with van der Waals surface area (Å²) in [5.41, 5.74) is 1.18. The fraction of sp³-hybridized carbons (Fsp3) is 0.174. The van der Waals surface area contributed by atoms with E-state index in [0.29, 0.717) is 22.9 Å². The maximum Gasteiger partial charge on any atom is 0.262 e. The molecule has 0 bridgehead atoms. The van der Waals surface area contributed by atoms with Gasteiger partial charge in [0.05, 0.1) is 25.6 Å². The van der Waals surface area contributed by atoms with E-state index in [1.807, 2.05) is 0 Å². The Kier molecular flexibility index (Phi) is 7.32. The summed E-state index contributed by atoms with van der Waals surface area (Å²) < 4.78 is 50.3. The van der Waals surface area contributed by atoms with Crippen LogP contribution in [0.15, 0.2) is 72.8 Å². The molecule has 0 spiro atoms. The normalized spacial score (nSPS) is 11.0. The fourth-order valence-electron chi connectivity index (χ4n) is 2.94. The Morgan fingerprint density at radius 1 is 1.00 bits per heavy atom. The first-order chi connectivity index (χ1) is 15.3. The van der Waals surface area contributed by atoms with E-state index in [-0.39, 0.29) is 24.6 Å². The van der Waals surface area contributed by atoms with Crippen LogP contribution in [-0.4, -0.2) is 34.3 Å². The molecule has 32 heavy (non-hydrogen) atoms. The van der Waals surface area contributed by atoms with E-state index in [9.17, 15) is 17.6 Å². The molecule has 3 rings (SSSR count). The number of hydrogen-bond acceptors (Lipinski definition) is 5. The highest BCUT2D eigenvalue weighted by atomic mass is 32.2. The summed E-state index contributed by atoms with van der Waals surface area (Å²) in [5.74, 6) is 0.154. The minimum Gasteiger partial charge on any atom is -0.497 e. The van der Waals surface area contributed by atoms with Crippen LogP contribution in [-0.2, 0) is 21.4 Å². The molecule has 3 aromatic rings. The van der Waals surface area contributed by atoms with Gasteiger partial charge in [0, 0.05) is 17.3 Å². The predicted octanol–water partition coefficient (Wildman–Crippen LogP) is 3.82. The number of halogens is 1. The molecule has 1 amide bonds. The van der Waals surface area contributed by atoms with Crippen molar-refractivity contribution in [3.63, 3.8) is 0 Å². The molecule has 0 saturated carbocycles. The van der Waals surface area contributed by atoms with Gasteiger partial charge in [0.15, 0.2) is 6.61 Å². The van der Waals surface area contributed by atoms with E-state index in [1.54, 1.807) is 48.5 Å². The Balaban J connectivity index is 1.64. The zero-order valence-corrected chi connectivity index (χ0v) is 18.4. The molecular formula is C23H23FN2O5S. The number of carbonyl (C=O) groups excluding carboxylic acids is 1. The van der Waals surface area contributed by atoms with Gasteiger partial charge in [-0.3, -0.25) is 9.10 Å². The van der Waals surface area contributed by atoms with E-state index in [2.05, 4.69) is 5.32 Å². The summed E-state index contributed by atoms with van der Waals surface area (Å²) in [7, 11) is -2.12. The molecule has 0 aliphatic rings. The minimum atomic E-state index is -3.66. The summed E-state index contributed by atoms with van der Waals surface area (Å²) in [6, 6.07) is 19.1. The molecule has 0 fully saturated rings. The van der Waals surface area contributed by atoms with E-state index in [1.165, 1.54) is 31.4 Å². The zero-order chi connectivity index (χ0) is 23.1. The predicted molar refractivity (Wildman–Crippen MR) is 121 cm³/mol. The molecule has 0 saturated heterocycles. The molecule has 7 nitrogen and oxygen atoms in total. The third kappa shape index (κ3) is 6.21. The third-order valence-electron chi connectivity index (χ3n) is 4.52. The van der Waals surface area contributed by atoms with Crippen LogP contribution in [0.4, 0.5) is 15.8 Å². The lowest BCUT2D eigenvalue weighted by Gasteiger charge is -2.23. The molecule has 0 aliphatic heterocycles. The number of sulfonamides is 1. The summed E-state index contributed by atoms with van der Waals surface area (Å²) >= 11 is 0. The lowest BCUT2D eigenvalue weighted by atomic mass is 10.2. The molecule has 0 aliphatic carbocycles. The first kappa shape index (κ1) is 23.1. The van der Waals surface area contributed by atoms with Crippen molar-refractivity contribution < 1.29 is 27.1 Å². The first-order valence-electron chi connectivity index (χ1n) is 9.64. The maximum absolute atomic E-state index is 14.0. The van der Waals surface area contributed by atoms with E-state index in [4.69, 9.17) is 9.47 Å². The number of benzene rings is 3. The maximum atomic E-state index is 14.0. The zero-order valence-electron chi connectivity index (χ0n) is 17.6. The topological polar surface area (TPSA) is 84.9 Å². The first-order valence-corrected chi connectivity index (χ1v) is 11.5. The SMILES string of the molecule is COc1cccc(NC(=O)COc2ccc(N(Cc3ccccc3F)S(C)(=O)=O)cc2)c1. The van der Waals surface area contributed by atoms with Gasteiger partial charge in [-0.25, -0.2) is 12.8 Å². The number of rotatable bonds is 9. The molecule has 3 aromatic carbocycles. The quantitative estimate of drug-likeness (QED) is 0.527. The monoisotopic (exact) mass is 458 g/mol. The van der Waals surface area contributed by atoms with Crippen LogP contribution in [0.2, 0.25) is 0 Å². The fourth-order valence-corrected chi connectivity index (χ4v) is 3.82. The van der Waals surface area contributed by atoms with Gasteiger partial charge in [0.2, 0.25) is 10.0 Å². The lowest BCUT2D eigenvalue weighted by molar-refractivity contribution is -0.118. The smallest absolute Gasteiger partial charge is 0.262 e. The summed E-state index contributed by atoms with van der Waals surface area (Å²) in [6.45, 7) is -0.379. The highest BCUT2D eigenvalue weighted by Crippen LogP contribution is 2.24. The molecule has 0 aromatic heterocycles. The van der Waals surface area contributed by atoms with E-state index in [0.717, 1.165) is 10.6 Å². The van der Waals surface area contributed by atoms with Gasteiger partial charge < -0.3 is 14.8 Å².